The average molecular weight is 515 g/mol. The van der Waals surface area contributed by atoms with Gasteiger partial charge in [-0.1, -0.05) is 18.2 Å². The Morgan fingerprint density at radius 1 is 1.00 bits per heavy atom. The van der Waals surface area contributed by atoms with Gasteiger partial charge in [0.25, 0.3) is 0 Å². The second-order valence-corrected chi connectivity index (χ2v) is 9.68. The Hall–Kier alpha value is -3.95. The fourth-order valence-corrected chi connectivity index (χ4v) is 4.01. The lowest BCUT2D eigenvalue weighted by molar-refractivity contribution is -0.137. The standard InChI is InChI=1S/C27H26F4N4O2/c1-26(2,3)37-25(36)35-10-8-16(9-11-35)21-13-18(27(29,30)31)5-7-19(21)17-4-6-20(22(28)12-17)23-14-34-24(32)15-33-23/h4-8,12-15H,9-11H2,1-3H3,(H2,32,34). The number of rotatable bonds is 3. The summed E-state index contributed by atoms with van der Waals surface area (Å²) in [6, 6.07) is 7.78. The van der Waals surface area contributed by atoms with Gasteiger partial charge in [-0.05, 0) is 73.7 Å². The number of ether oxygens (including phenoxy) is 1. The number of amides is 1. The summed E-state index contributed by atoms with van der Waals surface area (Å²) in [6.45, 7) is 5.74. The van der Waals surface area contributed by atoms with Crippen LogP contribution in [0.15, 0.2) is 54.9 Å². The van der Waals surface area contributed by atoms with Crippen molar-refractivity contribution in [3.63, 3.8) is 0 Å². The first kappa shape index (κ1) is 26.1. The number of nitrogens with zero attached hydrogens (tertiary/aromatic N) is 3. The second-order valence-electron chi connectivity index (χ2n) is 9.68. The average Bonchev–Trinajstić information content (AvgIpc) is 2.83. The molecule has 2 N–H and O–H groups in total. The van der Waals surface area contributed by atoms with E-state index in [2.05, 4.69) is 9.97 Å². The van der Waals surface area contributed by atoms with Gasteiger partial charge in [-0.15, -0.1) is 0 Å². The summed E-state index contributed by atoms with van der Waals surface area (Å²) in [5.41, 5.74) is 6.36. The van der Waals surface area contributed by atoms with Crippen LogP contribution in [0.25, 0.3) is 28.0 Å². The summed E-state index contributed by atoms with van der Waals surface area (Å²) in [4.78, 5) is 21.9. The van der Waals surface area contributed by atoms with E-state index < -0.39 is 29.3 Å². The number of nitrogens with two attached hydrogens (primary N) is 1. The van der Waals surface area contributed by atoms with Crippen LogP contribution in [0.4, 0.5) is 28.2 Å². The first-order valence-corrected chi connectivity index (χ1v) is 11.6. The Labute approximate surface area is 211 Å². The van der Waals surface area contributed by atoms with Crippen LogP contribution >= 0.6 is 0 Å². The molecule has 2 aromatic carbocycles. The van der Waals surface area contributed by atoms with E-state index in [4.69, 9.17) is 10.5 Å². The first-order valence-electron chi connectivity index (χ1n) is 11.6. The minimum Gasteiger partial charge on any atom is -0.444 e. The Bertz CT molecular complexity index is 1350. The van der Waals surface area contributed by atoms with Gasteiger partial charge in [0, 0.05) is 18.7 Å². The smallest absolute Gasteiger partial charge is 0.416 e. The van der Waals surface area contributed by atoms with Gasteiger partial charge in [-0.2, -0.15) is 13.2 Å². The van der Waals surface area contributed by atoms with Crippen molar-refractivity contribution >= 4 is 17.5 Å². The third-order valence-electron chi connectivity index (χ3n) is 5.78. The second kappa shape index (κ2) is 9.84. The zero-order chi connectivity index (χ0) is 27.0. The molecule has 194 valence electrons. The minimum atomic E-state index is -4.55. The summed E-state index contributed by atoms with van der Waals surface area (Å²) < 4.78 is 61.2. The number of hydrogen-bond donors (Lipinski definition) is 1. The van der Waals surface area contributed by atoms with Crippen molar-refractivity contribution < 1.29 is 27.1 Å². The van der Waals surface area contributed by atoms with Gasteiger partial charge in [0.1, 0.15) is 17.2 Å². The van der Waals surface area contributed by atoms with Gasteiger partial charge in [0.2, 0.25) is 0 Å². The molecule has 6 nitrogen and oxygen atoms in total. The van der Waals surface area contributed by atoms with Crippen molar-refractivity contribution in [2.75, 3.05) is 18.8 Å². The third kappa shape index (κ3) is 6.07. The Morgan fingerprint density at radius 2 is 1.73 bits per heavy atom. The zero-order valence-electron chi connectivity index (χ0n) is 20.6. The van der Waals surface area contributed by atoms with Gasteiger partial charge >= 0.3 is 12.3 Å². The quantitative estimate of drug-likeness (QED) is 0.400. The SMILES string of the molecule is CC(C)(C)OC(=O)N1CC=C(c2cc(C(F)(F)F)ccc2-c2ccc(-c3cnc(N)cn3)c(F)c2)CC1. The van der Waals surface area contributed by atoms with Crippen LogP contribution in [0, 0.1) is 5.82 Å². The topological polar surface area (TPSA) is 81.3 Å². The van der Waals surface area contributed by atoms with Gasteiger partial charge in [-0.3, -0.25) is 4.98 Å². The van der Waals surface area contributed by atoms with Crippen LogP contribution in [0.2, 0.25) is 0 Å². The van der Waals surface area contributed by atoms with E-state index in [1.54, 1.807) is 32.9 Å². The lowest BCUT2D eigenvalue weighted by Gasteiger charge is -2.30. The van der Waals surface area contributed by atoms with Crippen LogP contribution in [0.1, 0.15) is 38.3 Å². The highest BCUT2D eigenvalue weighted by Gasteiger charge is 2.32. The summed E-state index contributed by atoms with van der Waals surface area (Å²) in [7, 11) is 0. The highest BCUT2D eigenvalue weighted by atomic mass is 19.4. The maximum atomic E-state index is 15.1. The van der Waals surface area contributed by atoms with E-state index in [0.29, 0.717) is 28.7 Å². The largest absolute Gasteiger partial charge is 0.444 e. The molecular weight excluding hydrogens is 488 g/mol. The summed E-state index contributed by atoms with van der Waals surface area (Å²) >= 11 is 0. The van der Waals surface area contributed by atoms with Crippen molar-refractivity contribution in [2.45, 2.75) is 39.0 Å². The number of aromatic nitrogens is 2. The molecule has 0 aliphatic carbocycles. The fourth-order valence-electron chi connectivity index (χ4n) is 4.01. The predicted octanol–water partition coefficient (Wildman–Crippen LogP) is 6.57. The first-order chi connectivity index (χ1) is 17.3. The van der Waals surface area contributed by atoms with Crippen LogP contribution in [-0.2, 0) is 10.9 Å². The van der Waals surface area contributed by atoms with Gasteiger partial charge < -0.3 is 15.4 Å². The molecule has 0 fully saturated rings. The van der Waals surface area contributed by atoms with Crippen molar-refractivity contribution in [1.82, 2.24) is 14.9 Å². The molecular formula is C27H26F4N4O2. The van der Waals surface area contributed by atoms with Crippen LogP contribution in [0.3, 0.4) is 0 Å². The third-order valence-corrected chi connectivity index (χ3v) is 5.78. The van der Waals surface area contributed by atoms with E-state index in [1.807, 2.05) is 0 Å². The summed E-state index contributed by atoms with van der Waals surface area (Å²) in [5.74, 6) is -0.405. The number of carbonyl (C=O) groups is 1. The predicted molar refractivity (Wildman–Crippen MR) is 133 cm³/mol. The molecule has 0 spiro atoms. The number of nitrogen functional groups attached to an aromatic ring is 1. The molecule has 3 aromatic rings. The number of carbonyl (C=O) groups excluding carboxylic acids is 1. The molecule has 0 unspecified atom stereocenters. The van der Waals surface area contributed by atoms with Crippen molar-refractivity contribution in [2.24, 2.45) is 0 Å². The molecule has 4 rings (SSSR count). The summed E-state index contributed by atoms with van der Waals surface area (Å²) in [6.07, 6.45) is -0.354. The highest BCUT2D eigenvalue weighted by molar-refractivity contribution is 5.84. The van der Waals surface area contributed by atoms with E-state index >= 15 is 4.39 Å². The van der Waals surface area contributed by atoms with Gasteiger partial charge in [0.05, 0.1) is 23.7 Å². The molecule has 1 amide bonds. The molecule has 2 heterocycles. The Morgan fingerprint density at radius 3 is 2.30 bits per heavy atom. The van der Waals surface area contributed by atoms with Gasteiger partial charge in [-0.25, -0.2) is 14.2 Å². The maximum Gasteiger partial charge on any atom is 0.416 e. The minimum absolute atomic E-state index is 0.184. The Balaban J connectivity index is 1.70. The molecule has 1 aliphatic heterocycles. The van der Waals surface area contributed by atoms with Crippen molar-refractivity contribution in [1.29, 1.82) is 0 Å². The molecule has 0 radical (unpaired) electrons. The molecule has 1 aliphatic rings. The lowest BCUT2D eigenvalue weighted by atomic mass is 9.89. The molecule has 0 saturated heterocycles. The maximum absolute atomic E-state index is 15.1. The van der Waals surface area contributed by atoms with Crippen LogP contribution < -0.4 is 5.73 Å². The summed E-state index contributed by atoms with van der Waals surface area (Å²) in [5, 5.41) is 0. The molecule has 0 atom stereocenters. The highest BCUT2D eigenvalue weighted by Crippen LogP contribution is 2.38. The van der Waals surface area contributed by atoms with E-state index in [9.17, 15) is 18.0 Å². The molecule has 0 saturated carbocycles. The normalized spacial score (nSPS) is 14.4. The van der Waals surface area contributed by atoms with Crippen molar-refractivity contribution in [3.05, 3.63) is 71.8 Å². The zero-order valence-corrected chi connectivity index (χ0v) is 20.6. The number of benzene rings is 2. The van der Waals surface area contributed by atoms with Crippen LogP contribution in [0.5, 0.6) is 0 Å². The van der Waals surface area contributed by atoms with E-state index in [1.165, 1.54) is 35.5 Å². The van der Waals surface area contributed by atoms with E-state index in [0.717, 1.165) is 12.1 Å². The molecule has 37 heavy (non-hydrogen) atoms. The van der Waals surface area contributed by atoms with Gasteiger partial charge in [0.15, 0.2) is 0 Å². The number of anilines is 1. The Kier molecular flexibility index (Phi) is 6.94. The number of hydrogen-bond acceptors (Lipinski definition) is 5. The molecule has 1 aromatic heterocycles. The van der Waals surface area contributed by atoms with Crippen molar-refractivity contribution in [3.8, 4) is 22.4 Å². The lowest BCUT2D eigenvalue weighted by Crippen LogP contribution is -2.39. The number of halogens is 4. The monoisotopic (exact) mass is 514 g/mol. The number of alkyl halides is 3. The molecule has 10 heteroatoms. The fraction of sp³-hybridized carbons (Fsp3) is 0.296. The van der Waals surface area contributed by atoms with Crippen LogP contribution in [-0.4, -0.2) is 39.7 Å². The molecule has 0 bridgehead atoms. The van der Waals surface area contributed by atoms with E-state index in [-0.39, 0.29) is 30.2 Å².